The smallest absolute Gasteiger partial charge is 0.328 e. The third-order valence-electron chi connectivity index (χ3n) is 3.09. The summed E-state index contributed by atoms with van der Waals surface area (Å²) in [4.78, 5) is 38.8. The van der Waals surface area contributed by atoms with Gasteiger partial charge in [-0.3, -0.25) is 9.59 Å². The third kappa shape index (κ3) is 3.33. The van der Waals surface area contributed by atoms with E-state index in [0.29, 0.717) is 5.39 Å². The van der Waals surface area contributed by atoms with Crippen LogP contribution in [0.2, 0.25) is 0 Å². The normalized spacial score (nSPS) is 12.2. The minimum Gasteiger partial charge on any atom is -0.461 e. The lowest BCUT2D eigenvalue weighted by Crippen LogP contribution is -2.43. The van der Waals surface area contributed by atoms with Gasteiger partial charge in [0.25, 0.3) is 11.7 Å². The summed E-state index contributed by atoms with van der Waals surface area (Å²) in [6.45, 7) is 4.90. The average Bonchev–Trinajstić information content (AvgIpc) is 2.89. The Kier molecular flexibility index (Phi) is 4.60. The molecule has 2 aromatic rings. The largest absolute Gasteiger partial charge is 0.461 e. The van der Waals surface area contributed by atoms with Crippen LogP contribution in [0.4, 0.5) is 0 Å². The van der Waals surface area contributed by atoms with Gasteiger partial charge >= 0.3 is 5.97 Å². The minimum absolute atomic E-state index is 0.275. The van der Waals surface area contributed by atoms with Crippen LogP contribution in [-0.2, 0) is 14.3 Å². The number of Topliss-reactive ketones (excluding diaryl/α,β-unsaturated/α-hetero) is 1. The van der Waals surface area contributed by atoms with Gasteiger partial charge in [-0.15, -0.1) is 0 Å². The molecular weight excluding hydrogens is 284 g/mol. The molecule has 2 rings (SSSR count). The van der Waals surface area contributed by atoms with E-state index in [4.69, 9.17) is 4.74 Å². The fourth-order valence-corrected chi connectivity index (χ4v) is 2.04. The van der Waals surface area contributed by atoms with Crippen molar-refractivity contribution < 1.29 is 19.1 Å². The zero-order valence-corrected chi connectivity index (χ0v) is 12.7. The molecule has 0 bridgehead atoms. The van der Waals surface area contributed by atoms with E-state index in [0.717, 1.165) is 5.52 Å². The van der Waals surface area contributed by atoms with E-state index in [1.807, 2.05) is 12.1 Å². The number of amides is 1. The molecule has 1 aromatic carbocycles. The van der Waals surface area contributed by atoms with Crippen LogP contribution in [-0.4, -0.2) is 34.8 Å². The molecule has 1 atom stereocenters. The van der Waals surface area contributed by atoms with E-state index in [1.54, 1.807) is 26.0 Å². The molecular formula is C16H18N2O4. The molecule has 0 unspecified atom stereocenters. The van der Waals surface area contributed by atoms with Crippen molar-refractivity contribution in [2.45, 2.75) is 32.9 Å². The van der Waals surface area contributed by atoms with Gasteiger partial charge in [0, 0.05) is 17.1 Å². The molecule has 0 aliphatic rings. The van der Waals surface area contributed by atoms with Crippen molar-refractivity contribution in [1.29, 1.82) is 0 Å². The van der Waals surface area contributed by atoms with Crippen LogP contribution in [0.25, 0.3) is 10.9 Å². The number of aromatic amines is 1. The molecule has 0 fully saturated rings. The molecule has 1 amide bonds. The van der Waals surface area contributed by atoms with E-state index in [-0.39, 0.29) is 11.7 Å². The highest BCUT2D eigenvalue weighted by atomic mass is 16.5. The maximum Gasteiger partial charge on any atom is 0.328 e. The van der Waals surface area contributed by atoms with Crippen molar-refractivity contribution in [3.63, 3.8) is 0 Å². The highest BCUT2D eigenvalue weighted by Gasteiger charge is 2.24. The minimum atomic E-state index is -0.885. The fraction of sp³-hybridized carbons (Fsp3) is 0.312. The summed E-state index contributed by atoms with van der Waals surface area (Å²) in [5.41, 5.74) is 1.04. The second-order valence-electron chi connectivity index (χ2n) is 5.26. The highest BCUT2D eigenvalue weighted by Crippen LogP contribution is 2.18. The number of ketones is 1. The van der Waals surface area contributed by atoms with E-state index >= 15 is 0 Å². The average molecular weight is 302 g/mol. The summed E-state index contributed by atoms with van der Waals surface area (Å²) < 4.78 is 4.98. The van der Waals surface area contributed by atoms with E-state index in [9.17, 15) is 14.4 Å². The summed E-state index contributed by atoms with van der Waals surface area (Å²) in [5, 5.41) is 3.03. The Hall–Kier alpha value is -2.63. The van der Waals surface area contributed by atoms with Crippen LogP contribution < -0.4 is 5.32 Å². The predicted molar refractivity (Wildman–Crippen MR) is 81.5 cm³/mol. The molecule has 6 nitrogen and oxygen atoms in total. The van der Waals surface area contributed by atoms with Gasteiger partial charge < -0.3 is 15.0 Å². The van der Waals surface area contributed by atoms with Crippen LogP contribution in [0.1, 0.15) is 31.1 Å². The van der Waals surface area contributed by atoms with Gasteiger partial charge in [0.1, 0.15) is 6.04 Å². The number of carbonyl (C=O) groups is 3. The standard InChI is InChI=1S/C16H18N2O4/c1-9(2)22-16(21)10(3)18-15(20)14(19)12-8-17-13-7-5-4-6-11(12)13/h4-10,17H,1-3H3,(H,18,20)/t10-/m0/s1. The number of H-pyrrole nitrogens is 1. The van der Waals surface area contributed by atoms with Gasteiger partial charge in [-0.05, 0) is 26.8 Å². The lowest BCUT2D eigenvalue weighted by atomic mass is 10.1. The van der Waals surface area contributed by atoms with E-state index in [1.165, 1.54) is 13.1 Å². The maximum absolute atomic E-state index is 12.2. The van der Waals surface area contributed by atoms with Gasteiger partial charge in [-0.1, -0.05) is 18.2 Å². The molecule has 0 saturated carbocycles. The van der Waals surface area contributed by atoms with Crippen molar-refractivity contribution in [3.05, 3.63) is 36.0 Å². The molecule has 0 spiro atoms. The summed E-state index contributed by atoms with van der Waals surface area (Å²) in [5.74, 6) is -2.10. The van der Waals surface area contributed by atoms with Gasteiger partial charge in [-0.2, -0.15) is 0 Å². The fourth-order valence-electron chi connectivity index (χ4n) is 2.04. The summed E-state index contributed by atoms with van der Waals surface area (Å²) in [6, 6.07) is 6.30. The van der Waals surface area contributed by atoms with Crippen LogP contribution in [0.5, 0.6) is 0 Å². The summed E-state index contributed by atoms with van der Waals surface area (Å²) in [7, 11) is 0. The molecule has 0 saturated heterocycles. The van der Waals surface area contributed by atoms with Gasteiger partial charge in [0.2, 0.25) is 0 Å². The van der Waals surface area contributed by atoms with Crippen LogP contribution in [0.3, 0.4) is 0 Å². The quantitative estimate of drug-likeness (QED) is 0.501. The number of carbonyl (C=O) groups excluding carboxylic acids is 3. The first kappa shape index (κ1) is 15.8. The summed E-state index contributed by atoms with van der Waals surface area (Å²) >= 11 is 0. The number of aromatic nitrogens is 1. The first-order valence-electron chi connectivity index (χ1n) is 7.02. The molecule has 0 aliphatic heterocycles. The molecule has 0 aliphatic carbocycles. The van der Waals surface area contributed by atoms with Crippen molar-refractivity contribution in [2.75, 3.05) is 0 Å². The Morgan fingerprint density at radius 1 is 1.14 bits per heavy atom. The molecule has 0 radical (unpaired) electrons. The van der Waals surface area contributed by atoms with Gasteiger partial charge in [0.05, 0.1) is 11.7 Å². The van der Waals surface area contributed by atoms with Gasteiger partial charge in [0.15, 0.2) is 0 Å². The lowest BCUT2D eigenvalue weighted by Gasteiger charge is -2.14. The third-order valence-corrected chi connectivity index (χ3v) is 3.09. The number of para-hydroxylation sites is 1. The molecule has 116 valence electrons. The molecule has 1 heterocycles. The monoisotopic (exact) mass is 302 g/mol. The number of esters is 1. The Labute approximate surface area is 127 Å². The van der Waals surface area contributed by atoms with E-state index in [2.05, 4.69) is 10.3 Å². The Bertz CT molecular complexity index is 718. The number of hydrogen-bond acceptors (Lipinski definition) is 4. The molecule has 1 aromatic heterocycles. The molecule has 2 N–H and O–H groups in total. The zero-order valence-electron chi connectivity index (χ0n) is 12.7. The van der Waals surface area contributed by atoms with E-state index < -0.39 is 23.7 Å². The Morgan fingerprint density at radius 3 is 2.50 bits per heavy atom. The number of rotatable bonds is 5. The van der Waals surface area contributed by atoms with Crippen LogP contribution >= 0.6 is 0 Å². The number of ether oxygens (including phenoxy) is 1. The maximum atomic E-state index is 12.2. The zero-order chi connectivity index (χ0) is 16.3. The highest BCUT2D eigenvalue weighted by molar-refractivity contribution is 6.45. The first-order valence-corrected chi connectivity index (χ1v) is 7.02. The molecule has 22 heavy (non-hydrogen) atoms. The lowest BCUT2D eigenvalue weighted by molar-refractivity contribution is -0.150. The topological polar surface area (TPSA) is 88.3 Å². The second-order valence-corrected chi connectivity index (χ2v) is 5.26. The Morgan fingerprint density at radius 2 is 1.82 bits per heavy atom. The van der Waals surface area contributed by atoms with Crippen molar-refractivity contribution >= 4 is 28.6 Å². The van der Waals surface area contributed by atoms with Gasteiger partial charge in [-0.25, -0.2) is 4.79 Å². The van der Waals surface area contributed by atoms with Crippen LogP contribution in [0, 0.1) is 0 Å². The Balaban J connectivity index is 2.09. The number of benzene rings is 1. The van der Waals surface area contributed by atoms with Crippen LogP contribution in [0.15, 0.2) is 30.5 Å². The molecule has 6 heteroatoms. The summed E-state index contributed by atoms with van der Waals surface area (Å²) in [6.07, 6.45) is 1.21. The first-order chi connectivity index (χ1) is 10.4. The van der Waals surface area contributed by atoms with Crippen molar-refractivity contribution in [2.24, 2.45) is 0 Å². The number of hydrogen-bond donors (Lipinski definition) is 2. The SMILES string of the molecule is CC(C)OC(=O)[C@H](C)NC(=O)C(=O)c1c[nH]c2ccccc12. The number of fused-ring (bicyclic) bond motifs is 1. The van der Waals surface area contributed by atoms with Crippen molar-refractivity contribution in [3.8, 4) is 0 Å². The number of nitrogens with one attached hydrogen (secondary N) is 2. The predicted octanol–water partition coefficient (Wildman–Crippen LogP) is 1.81. The second kappa shape index (κ2) is 6.43. The van der Waals surface area contributed by atoms with Crippen molar-refractivity contribution in [1.82, 2.24) is 10.3 Å².